The molecule has 3 aromatic carbocycles. The standard InChI is InChI=1S/C36H41F5N2O2/c37-31-21-29(45-27-8-4-13-35(14-5-9-27)15-17-42-18-16-35)22-32(38)33(31)34-30-11-10-28(44-23-25-6-2-1-3-7-25)20-26(30)12-19-43(34)24-36(39,40)41/h1-3,6-7,10-11,20-22,27,34,42H,4-5,8-9,12-19,23-24H2. The number of benzene rings is 3. The van der Waals surface area contributed by atoms with Gasteiger partial charge in [-0.3, -0.25) is 4.90 Å². The summed E-state index contributed by atoms with van der Waals surface area (Å²) < 4.78 is 84.8. The molecule has 6 rings (SSSR count). The van der Waals surface area contributed by atoms with Crippen LogP contribution in [0.5, 0.6) is 11.5 Å². The van der Waals surface area contributed by atoms with Gasteiger partial charge in [-0.05, 0) is 105 Å². The van der Waals surface area contributed by atoms with Crippen LogP contribution >= 0.6 is 0 Å². The predicted molar refractivity (Wildman–Crippen MR) is 163 cm³/mol. The quantitative estimate of drug-likeness (QED) is 0.266. The van der Waals surface area contributed by atoms with Crippen LogP contribution in [0.4, 0.5) is 22.0 Å². The maximum absolute atomic E-state index is 15.9. The third-order valence-electron chi connectivity index (χ3n) is 9.83. The molecule has 2 aliphatic heterocycles. The minimum absolute atomic E-state index is 0.00389. The van der Waals surface area contributed by atoms with Gasteiger partial charge in [0.2, 0.25) is 0 Å². The highest BCUT2D eigenvalue weighted by Gasteiger charge is 2.40. The molecule has 2 fully saturated rings. The van der Waals surface area contributed by atoms with E-state index in [1.165, 1.54) is 12.8 Å². The normalized spacial score (nSPS) is 21.1. The summed E-state index contributed by atoms with van der Waals surface area (Å²) in [5.41, 5.74) is 2.13. The average Bonchev–Trinajstić information content (AvgIpc) is 3.00. The van der Waals surface area contributed by atoms with Crippen molar-refractivity contribution in [3.63, 3.8) is 0 Å². The molecule has 242 valence electrons. The number of hydrogen-bond acceptors (Lipinski definition) is 4. The lowest BCUT2D eigenvalue weighted by molar-refractivity contribution is -0.150. The van der Waals surface area contributed by atoms with Crippen molar-refractivity contribution in [2.45, 2.75) is 82.7 Å². The van der Waals surface area contributed by atoms with Crippen LogP contribution in [0.1, 0.15) is 79.7 Å². The fourth-order valence-electron chi connectivity index (χ4n) is 7.56. The maximum atomic E-state index is 15.9. The number of nitrogens with one attached hydrogen (secondary N) is 1. The molecular formula is C36H41F5N2O2. The van der Waals surface area contributed by atoms with E-state index in [1.54, 1.807) is 18.2 Å². The largest absolute Gasteiger partial charge is 0.490 e. The average molecular weight is 629 g/mol. The first-order valence-electron chi connectivity index (χ1n) is 16.1. The van der Waals surface area contributed by atoms with E-state index in [4.69, 9.17) is 9.47 Å². The smallest absolute Gasteiger partial charge is 0.401 e. The lowest BCUT2D eigenvalue weighted by Gasteiger charge is -2.40. The second-order valence-corrected chi connectivity index (χ2v) is 12.9. The van der Waals surface area contributed by atoms with Crippen LogP contribution in [-0.4, -0.2) is 43.4 Å². The lowest BCUT2D eigenvalue weighted by Crippen LogP contribution is -2.42. The molecule has 0 radical (unpaired) electrons. The van der Waals surface area contributed by atoms with Gasteiger partial charge in [-0.25, -0.2) is 8.78 Å². The molecule has 45 heavy (non-hydrogen) atoms. The SMILES string of the molecule is Fc1cc(OC2CCCC3(CCC2)CCNCC3)cc(F)c1C1c2ccc(OCc3ccccc3)cc2CCN1CC(F)(F)F. The molecule has 9 heteroatoms. The maximum Gasteiger partial charge on any atom is 0.401 e. The van der Waals surface area contributed by atoms with Crippen LogP contribution in [-0.2, 0) is 13.0 Å². The monoisotopic (exact) mass is 628 g/mol. The van der Waals surface area contributed by atoms with Crippen molar-refractivity contribution >= 4 is 0 Å². The molecular weight excluding hydrogens is 587 g/mol. The van der Waals surface area contributed by atoms with Gasteiger partial charge in [-0.15, -0.1) is 0 Å². The van der Waals surface area contributed by atoms with E-state index in [-0.39, 0.29) is 18.4 Å². The highest BCUT2D eigenvalue weighted by molar-refractivity contribution is 5.46. The molecule has 3 aromatic rings. The first-order valence-corrected chi connectivity index (χ1v) is 16.1. The molecule has 3 aliphatic rings. The van der Waals surface area contributed by atoms with Gasteiger partial charge in [-0.2, -0.15) is 13.2 Å². The van der Waals surface area contributed by atoms with Gasteiger partial charge in [0, 0.05) is 24.2 Å². The number of hydrogen-bond donors (Lipinski definition) is 1. The molecule has 1 saturated carbocycles. The Kier molecular flexibility index (Phi) is 9.66. The number of alkyl halides is 3. The van der Waals surface area contributed by atoms with Gasteiger partial charge in [0.05, 0.1) is 18.7 Å². The van der Waals surface area contributed by atoms with E-state index in [0.717, 1.165) is 74.2 Å². The molecule has 1 unspecified atom stereocenters. The number of rotatable bonds is 7. The minimum atomic E-state index is -4.53. The van der Waals surface area contributed by atoms with Crippen LogP contribution in [0, 0.1) is 17.0 Å². The van der Waals surface area contributed by atoms with Crippen LogP contribution in [0.25, 0.3) is 0 Å². The molecule has 1 aliphatic carbocycles. The van der Waals surface area contributed by atoms with Crippen molar-refractivity contribution in [2.24, 2.45) is 5.41 Å². The van der Waals surface area contributed by atoms with Gasteiger partial charge in [0.1, 0.15) is 29.7 Å². The number of fused-ring (bicyclic) bond motifs is 1. The van der Waals surface area contributed by atoms with Crippen molar-refractivity contribution in [1.82, 2.24) is 10.2 Å². The van der Waals surface area contributed by atoms with Gasteiger partial charge in [0.25, 0.3) is 0 Å². The minimum Gasteiger partial charge on any atom is -0.490 e. The molecule has 1 N–H and O–H groups in total. The number of nitrogens with zero attached hydrogens (tertiary/aromatic N) is 1. The van der Waals surface area contributed by atoms with E-state index in [0.29, 0.717) is 35.3 Å². The van der Waals surface area contributed by atoms with Gasteiger partial charge in [0.15, 0.2) is 0 Å². The zero-order chi connectivity index (χ0) is 31.4. The first kappa shape index (κ1) is 31.8. The third kappa shape index (κ3) is 7.80. The Labute approximate surface area is 261 Å². The van der Waals surface area contributed by atoms with Crippen molar-refractivity contribution in [3.8, 4) is 11.5 Å². The van der Waals surface area contributed by atoms with Crippen molar-refractivity contribution in [1.29, 1.82) is 0 Å². The summed E-state index contributed by atoms with van der Waals surface area (Å²) in [6.07, 6.45) is 3.86. The Morgan fingerprint density at radius 3 is 2.20 bits per heavy atom. The highest BCUT2D eigenvalue weighted by atomic mass is 19.4. The summed E-state index contributed by atoms with van der Waals surface area (Å²) in [7, 11) is 0. The number of piperidine rings is 1. The van der Waals surface area contributed by atoms with E-state index >= 15 is 8.78 Å². The zero-order valence-corrected chi connectivity index (χ0v) is 25.5. The first-order chi connectivity index (χ1) is 21.7. The van der Waals surface area contributed by atoms with E-state index in [1.807, 2.05) is 30.3 Å². The summed E-state index contributed by atoms with van der Waals surface area (Å²) in [6.45, 7) is 1.16. The second kappa shape index (κ2) is 13.7. The molecule has 2 heterocycles. The summed E-state index contributed by atoms with van der Waals surface area (Å²) in [5, 5.41) is 3.44. The predicted octanol–water partition coefficient (Wildman–Crippen LogP) is 8.53. The van der Waals surface area contributed by atoms with E-state index in [2.05, 4.69) is 5.32 Å². The summed E-state index contributed by atoms with van der Waals surface area (Å²) in [5.74, 6) is -1.17. The van der Waals surface area contributed by atoms with Gasteiger partial charge in [-0.1, -0.05) is 36.4 Å². The summed E-state index contributed by atoms with van der Waals surface area (Å²) >= 11 is 0. The van der Waals surface area contributed by atoms with Gasteiger partial charge >= 0.3 is 6.18 Å². The van der Waals surface area contributed by atoms with Crippen molar-refractivity contribution in [3.05, 3.63) is 94.6 Å². The summed E-state index contributed by atoms with van der Waals surface area (Å²) in [4.78, 5) is 1.11. The molecule has 0 bridgehead atoms. The highest BCUT2D eigenvalue weighted by Crippen LogP contribution is 2.43. The molecule has 0 amide bonds. The van der Waals surface area contributed by atoms with E-state index < -0.39 is 36.0 Å². The Hall–Kier alpha value is -3.17. The molecule has 1 atom stereocenters. The Bertz CT molecular complexity index is 1410. The van der Waals surface area contributed by atoms with Crippen molar-refractivity contribution < 1.29 is 31.4 Å². The van der Waals surface area contributed by atoms with Crippen LogP contribution in [0.15, 0.2) is 60.7 Å². The molecule has 4 nitrogen and oxygen atoms in total. The van der Waals surface area contributed by atoms with E-state index in [9.17, 15) is 13.2 Å². The van der Waals surface area contributed by atoms with Crippen LogP contribution in [0.2, 0.25) is 0 Å². The van der Waals surface area contributed by atoms with Gasteiger partial charge < -0.3 is 14.8 Å². The zero-order valence-electron chi connectivity index (χ0n) is 25.5. The third-order valence-corrected chi connectivity index (χ3v) is 9.83. The number of halogens is 5. The molecule has 1 saturated heterocycles. The Morgan fingerprint density at radius 2 is 1.53 bits per heavy atom. The molecule has 1 spiro atoms. The Balaban J connectivity index is 1.21. The lowest BCUT2D eigenvalue weighted by atomic mass is 9.70. The topological polar surface area (TPSA) is 33.7 Å². The second-order valence-electron chi connectivity index (χ2n) is 12.9. The van der Waals surface area contributed by atoms with Crippen LogP contribution < -0.4 is 14.8 Å². The fraction of sp³-hybridized carbons (Fsp3) is 0.500. The molecule has 0 aromatic heterocycles. The number of ether oxygens (including phenoxy) is 2. The fourth-order valence-corrected chi connectivity index (χ4v) is 7.56. The van der Waals surface area contributed by atoms with Crippen LogP contribution in [0.3, 0.4) is 0 Å². The van der Waals surface area contributed by atoms with Crippen molar-refractivity contribution in [2.75, 3.05) is 26.2 Å². The Morgan fingerprint density at radius 1 is 0.844 bits per heavy atom. The summed E-state index contributed by atoms with van der Waals surface area (Å²) in [6, 6.07) is 15.7.